The Morgan fingerprint density at radius 2 is 2.06 bits per heavy atom. The van der Waals surface area contributed by atoms with Crippen LogP contribution in [-0.2, 0) is 11.0 Å². The smallest absolute Gasteiger partial charge is 0.417 e. The van der Waals surface area contributed by atoms with Crippen LogP contribution in [0.15, 0.2) is 12.1 Å². The fourth-order valence-corrected chi connectivity index (χ4v) is 4.41. The van der Waals surface area contributed by atoms with Crippen LogP contribution < -0.4 is 20.7 Å². The number of nitrogens with one attached hydrogen (secondary N) is 1. The number of carbonyl (C=O) groups is 2. The molecule has 0 radical (unpaired) electrons. The Bertz CT molecular complexity index is 880. The number of fused-ring (bicyclic) bond motifs is 1. The van der Waals surface area contributed by atoms with Gasteiger partial charge in [0.15, 0.2) is 5.60 Å². The molecule has 0 unspecified atom stereocenters. The fourth-order valence-electron chi connectivity index (χ4n) is 4.41. The van der Waals surface area contributed by atoms with Gasteiger partial charge in [-0.15, -0.1) is 0 Å². The number of benzene rings is 1. The van der Waals surface area contributed by atoms with Crippen molar-refractivity contribution in [2.45, 2.75) is 64.4 Å². The normalized spacial score (nSPS) is 20.7. The van der Waals surface area contributed by atoms with Crippen molar-refractivity contribution in [2.24, 2.45) is 5.73 Å². The van der Waals surface area contributed by atoms with E-state index in [0.717, 1.165) is 25.1 Å². The molecule has 2 heterocycles. The van der Waals surface area contributed by atoms with Gasteiger partial charge in [0.25, 0.3) is 11.8 Å². The van der Waals surface area contributed by atoms with Crippen LogP contribution >= 0.6 is 0 Å². The summed E-state index contributed by atoms with van der Waals surface area (Å²) in [5.74, 6) is -1.23. The monoisotopic (exact) mass is 456 g/mol. The maximum Gasteiger partial charge on any atom is 0.417 e. The third-order valence-corrected chi connectivity index (χ3v) is 5.86. The van der Waals surface area contributed by atoms with Gasteiger partial charge in [0.05, 0.1) is 16.8 Å². The molecular formula is C22H31F3N4O3. The molecule has 178 valence electrons. The molecule has 0 bridgehead atoms. The fraction of sp³-hybridized carbons (Fsp3) is 0.636. The molecule has 3 N–H and O–H groups in total. The Morgan fingerprint density at radius 3 is 2.59 bits per heavy atom. The number of hydrogen-bond donors (Lipinski definition) is 2. The number of ether oxygens (including phenoxy) is 1. The molecule has 0 aliphatic carbocycles. The number of hydrogen-bond acceptors (Lipinski definition) is 5. The molecule has 1 fully saturated rings. The van der Waals surface area contributed by atoms with Gasteiger partial charge in [-0.05, 0) is 59.2 Å². The summed E-state index contributed by atoms with van der Waals surface area (Å²) in [6, 6.07) is 1.44. The molecule has 1 aromatic rings. The van der Waals surface area contributed by atoms with Gasteiger partial charge < -0.3 is 25.6 Å². The molecule has 2 aliphatic heterocycles. The third kappa shape index (κ3) is 4.56. The van der Waals surface area contributed by atoms with Crippen LogP contribution in [0.4, 0.5) is 18.9 Å². The van der Waals surface area contributed by atoms with Gasteiger partial charge in [-0.3, -0.25) is 9.59 Å². The summed E-state index contributed by atoms with van der Waals surface area (Å²) in [4.78, 5) is 29.2. The summed E-state index contributed by atoms with van der Waals surface area (Å²) in [5, 5.41) is 3.21. The highest BCUT2D eigenvalue weighted by atomic mass is 19.4. The van der Waals surface area contributed by atoms with Crippen molar-refractivity contribution in [3.05, 3.63) is 23.3 Å². The zero-order valence-electron chi connectivity index (χ0n) is 18.9. The van der Waals surface area contributed by atoms with E-state index in [-0.39, 0.29) is 36.6 Å². The predicted molar refractivity (Wildman–Crippen MR) is 115 cm³/mol. The summed E-state index contributed by atoms with van der Waals surface area (Å²) in [5.41, 5.74) is 2.86. The molecule has 10 heteroatoms. The van der Waals surface area contributed by atoms with E-state index in [4.69, 9.17) is 10.5 Å². The van der Waals surface area contributed by atoms with Crippen molar-refractivity contribution in [3.63, 3.8) is 0 Å². The van der Waals surface area contributed by atoms with Crippen molar-refractivity contribution < 1.29 is 27.5 Å². The van der Waals surface area contributed by atoms with Crippen LogP contribution in [0.3, 0.4) is 0 Å². The minimum atomic E-state index is -4.78. The lowest BCUT2D eigenvalue weighted by Gasteiger charge is -2.40. The van der Waals surface area contributed by atoms with Gasteiger partial charge in [0, 0.05) is 31.7 Å². The minimum absolute atomic E-state index is 0.0950. The van der Waals surface area contributed by atoms with E-state index in [1.807, 2.05) is 0 Å². The lowest BCUT2D eigenvalue weighted by atomic mass is 9.97. The minimum Gasteiger partial charge on any atom is -0.476 e. The Balaban J connectivity index is 2.16. The molecule has 1 atom stereocenters. The molecule has 0 saturated carbocycles. The van der Waals surface area contributed by atoms with Crippen LogP contribution in [0.2, 0.25) is 0 Å². The van der Waals surface area contributed by atoms with E-state index in [2.05, 4.69) is 5.32 Å². The topological polar surface area (TPSA) is 87.9 Å². The molecular weight excluding hydrogens is 425 g/mol. The molecule has 1 saturated heterocycles. The van der Waals surface area contributed by atoms with Crippen LogP contribution in [-0.4, -0.2) is 60.6 Å². The number of alkyl halides is 3. The number of anilines is 1. The second kappa shape index (κ2) is 8.90. The molecule has 0 aromatic heterocycles. The van der Waals surface area contributed by atoms with Crippen molar-refractivity contribution in [3.8, 4) is 5.75 Å². The number of halogens is 3. The molecule has 2 amide bonds. The maximum absolute atomic E-state index is 14.1. The molecule has 1 aromatic carbocycles. The van der Waals surface area contributed by atoms with Crippen molar-refractivity contribution in [1.29, 1.82) is 0 Å². The Kier molecular flexibility index (Phi) is 6.76. The Labute approximate surface area is 186 Å². The van der Waals surface area contributed by atoms with Crippen LogP contribution in [0.1, 0.15) is 56.5 Å². The molecule has 7 nitrogen and oxygen atoms in total. The summed E-state index contributed by atoms with van der Waals surface area (Å²) in [6.45, 7) is 8.09. The average molecular weight is 457 g/mol. The summed E-state index contributed by atoms with van der Waals surface area (Å²) in [6.07, 6.45) is -3.24. The largest absolute Gasteiger partial charge is 0.476 e. The van der Waals surface area contributed by atoms with E-state index in [0.29, 0.717) is 13.0 Å². The Morgan fingerprint density at radius 1 is 1.38 bits per heavy atom. The average Bonchev–Trinajstić information content (AvgIpc) is 2.70. The maximum atomic E-state index is 14.1. The second-order valence-electron chi connectivity index (χ2n) is 9.03. The number of nitrogens with two attached hydrogens (primary N) is 1. The standard InChI is InChI=1S/C22H31F3N4O3/c1-13(2)29(14-6-5-8-27-12-14)19(30)15-10-17-18(11-16(15)22(23,24)25)32-21(3,4)20(31)28(17)9-7-26/h10-11,13-14,27H,5-9,12,26H2,1-4H3/t14-/m1/s1. The summed E-state index contributed by atoms with van der Waals surface area (Å²) < 4.78 is 47.8. The predicted octanol–water partition coefficient (Wildman–Crippen LogP) is 2.77. The number of nitrogens with zero attached hydrogens (tertiary/aromatic N) is 2. The van der Waals surface area contributed by atoms with Crippen molar-refractivity contribution in [1.82, 2.24) is 10.2 Å². The van der Waals surface area contributed by atoms with Crippen LogP contribution in [0, 0.1) is 0 Å². The first-order chi connectivity index (χ1) is 14.9. The SMILES string of the molecule is CC(C)N(C(=O)c1cc2c(cc1C(F)(F)F)OC(C)(C)C(=O)N2CCN)[C@@H]1CCCNC1. The van der Waals surface area contributed by atoms with Crippen LogP contribution in [0.25, 0.3) is 0 Å². The number of carbonyl (C=O) groups excluding carboxylic acids is 2. The van der Waals surface area contributed by atoms with Gasteiger partial charge in [-0.2, -0.15) is 13.2 Å². The highest BCUT2D eigenvalue weighted by molar-refractivity contribution is 6.05. The van der Waals surface area contributed by atoms with E-state index in [1.165, 1.54) is 23.6 Å². The molecule has 0 spiro atoms. The first-order valence-corrected chi connectivity index (χ1v) is 10.9. The molecule has 2 aliphatic rings. The van der Waals surface area contributed by atoms with E-state index in [9.17, 15) is 22.8 Å². The lowest BCUT2D eigenvalue weighted by Crippen LogP contribution is -2.54. The van der Waals surface area contributed by atoms with Gasteiger partial charge in [0.1, 0.15) is 5.75 Å². The number of amides is 2. The van der Waals surface area contributed by atoms with Crippen molar-refractivity contribution >= 4 is 17.5 Å². The van der Waals surface area contributed by atoms with Gasteiger partial charge >= 0.3 is 6.18 Å². The zero-order valence-corrected chi connectivity index (χ0v) is 18.9. The van der Waals surface area contributed by atoms with Crippen molar-refractivity contribution in [2.75, 3.05) is 31.1 Å². The quantitative estimate of drug-likeness (QED) is 0.712. The highest BCUT2D eigenvalue weighted by Crippen LogP contribution is 2.44. The summed E-state index contributed by atoms with van der Waals surface area (Å²) >= 11 is 0. The van der Waals surface area contributed by atoms with E-state index in [1.54, 1.807) is 13.8 Å². The third-order valence-electron chi connectivity index (χ3n) is 5.86. The lowest BCUT2D eigenvalue weighted by molar-refractivity contribution is -0.138. The number of rotatable bonds is 5. The second-order valence-corrected chi connectivity index (χ2v) is 9.03. The highest BCUT2D eigenvalue weighted by Gasteiger charge is 2.45. The Hall–Kier alpha value is -2.33. The van der Waals surface area contributed by atoms with Crippen LogP contribution in [0.5, 0.6) is 5.75 Å². The molecule has 32 heavy (non-hydrogen) atoms. The van der Waals surface area contributed by atoms with Gasteiger partial charge in [-0.25, -0.2) is 0 Å². The first kappa shape index (κ1) is 24.3. The summed E-state index contributed by atoms with van der Waals surface area (Å²) in [7, 11) is 0. The van der Waals surface area contributed by atoms with Gasteiger partial charge in [0.2, 0.25) is 0 Å². The van der Waals surface area contributed by atoms with Gasteiger partial charge in [-0.1, -0.05) is 0 Å². The zero-order chi connectivity index (χ0) is 23.8. The molecule has 3 rings (SSSR count). The van der Waals surface area contributed by atoms with E-state index < -0.39 is 34.7 Å². The first-order valence-electron chi connectivity index (χ1n) is 10.9. The number of piperidine rings is 1. The van der Waals surface area contributed by atoms with E-state index >= 15 is 0 Å².